The van der Waals surface area contributed by atoms with Gasteiger partial charge in [0.2, 0.25) is 0 Å². The number of nitrogens with zero attached hydrogens (tertiary/aromatic N) is 1. The summed E-state index contributed by atoms with van der Waals surface area (Å²) in [6.07, 6.45) is 4.29. The minimum absolute atomic E-state index is 0.121. The van der Waals surface area contributed by atoms with Gasteiger partial charge in [-0.3, -0.25) is 14.5 Å². The van der Waals surface area contributed by atoms with E-state index < -0.39 is 10.0 Å². The highest BCUT2D eigenvalue weighted by Gasteiger charge is 2.17. The molecule has 1 amide bonds. The van der Waals surface area contributed by atoms with Crippen LogP contribution < -0.4 is 10.0 Å². The molecule has 0 unspecified atom stereocenters. The summed E-state index contributed by atoms with van der Waals surface area (Å²) in [5.41, 5.74) is 4.36. The van der Waals surface area contributed by atoms with Crippen LogP contribution in [0.5, 0.6) is 0 Å². The van der Waals surface area contributed by atoms with Crippen molar-refractivity contribution in [1.29, 1.82) is 0 Å². The Morgan fingerprint density at radius 1 is 0.882 bits per heavy atom. The molecule has 1 heterocycles. The van der Waals surface area contributed by atoms with Crippen molar-refractivity contribution in [2.75, 3.05) is 10.0 Å². The zero-order valence-electron chi connectivity index (χ0n) is 18.3. The van der Waals surface area contributed by atoms with Gasteiger partial charge in [-0.25, -0.2) is 8.42 Å². The Morgan fingerprint density at radius 2 is 1.53 bits per heavy atom. The standard InChI is InChI=1S/C26H22ClN3O3S/c1-18-2-9-23(10-3-18)34(32,33)30-25-11-6-21(17-24(25)27)26(31)29-22-7-4-19(5-8-22)16-20-12-14-28-15-13-20/h2-15,17,30H,16H2,1H3,(H,29,31). The zero-order valence-corrected chi connectivity index (χ0v) is 19.9. The molecule has 0 saturated carbocycles. The van der Waals surface area contributed by atoms with Crippen LogP contribution in [0.4, 0.5) is 11.4 Å². The number of pyridine rings is 1. The predicted octanol–water partition coefficient (Wildman–Crippen LogP) is 5.69. The van der Waals surface area contributed by atoms with E-state index in [2.05, 4.69) is 15.0 Å². The van der Waals surface area contributed by atoms with Crippen LogP contribution >= 0.6 is 11.6 Å². The Balaban J connectivity index is 1.42. The molecule has 4 aromatic rings. The molecule has 172 valence electrons. The Hall–Kier alpha value is -3.68. The van der Waals surface area contributed by atoms with Crippen molar-refractivity contribution in [3.05, 3.63) is 119 Å². The van der Waals surface area contributed by atoms with Crippen LogP contribution in [0.2, 0.25) is 5.02 Å². The van der Waals surface area contributed by atoms with Crippen LogP contribution in [0, 0.1) is 6.92 Å². The number of amides is 1. The summed E-state index contributed by atoms with van der Waals surface area (Å²) < 4.78 is 27.7. The lowest BCUT2D eigenvalue weighted by Crippen LogP contribution is -2.15. The molecule has 0 bridgehead atoms. The molecule has 0 saturated heterocycles. The molecule has 4 rings (SSSR count). The Labute approximate surface area is 203 Å². The van der Waals surface area contributed by atoms with Crippen molar-refractivity contribution in [3.63, 3.8) is 0 Å². The first-order chi connectivity index (χ1) is 16.3. The molecular formula is C26H22ClN3O3S. The van der Waals surface area contributed by atoms with Gasteiger partial charge in [-0.15, -0.1) is 0 Å². The maximum Gasteiger partial charge on any atom is 0.261 e. The first-order valence-corrected chi connectivity index (χ1v) is 12.3. The normalized spacial score (nSPS) is 11.1. The van der Waals surface area contributed by atoms with Crippen molar-refractivity contribution in [3.8, 4) is 0 Å². The number of carbonyl (C=O) groups is 1. The van der Waals surface area contributed by atoms with E-state index in [1.54, 1.807) is 24.5 Å². The van der Waals surface area contributed by atoms with Gasteiger partial charge in [-0.2, -0.15) is 0 Å². The number of halogens is 1. The highest BCUT2D eigenvalue weighted by molar-refractivity contribution is 7.92. The van der Waals surface area contributed by atoms with Crippen molar-refractivity contribution in [1.82, 2.24) is 4.98 Å². The summed E-state index contributed by atoms with van der Waals surface area (Å²) in [4.78, 5) is 16.8. The van der Waals surface area contributed by atoms with E-state index >= 15 is 0 Å². The number of aromatic nitrogens is 1. The lowest BCUT2D eigenvalue weighted by molar-refractivity contribution is 0.102. The van der Waals surface area contributed by atoms with Crippen LogP contribution in [0.25, 0.3) is 0 Å². The summed E-state index contributed by atoms with van der Waals surface area (Å²) in [6.45, 7) is 1.88. The van der Waals surface area contributed by atoms with Gasteiger partial charge in [-0.05, 0) is 79.1 Å². The molecule has 34 heavy (non-hydrogen) atoms. The zero-order chi connectivity index (χ0) is 24.1. The number of anilines is 2. The molecule has 0 aliphatic heterocycles. The molecule has 8 heteroatoms. The highest BCUT2D eigenvalue weighted by atomic mass is 35.5. The number of sulfonamides is 1. The number of benzene rings is 3. The van der Waals surface area contributed by atoms with E-state index in [-0.39, 0.29) is 21.5 Å². The maximum atomic E-state index is 12.7. The number of nitrogens with one attached hydrogen (secondary N) is 2. The van der Waals surface area contributed by atoms with E-state index in [9.17, 15) is 13.2 Å². The van der Waals surface area contributed by atoms with Crippen LogP contribution in [-0.4, -0.2) is 19.3 Å². The summed E-state index contributed by atoms with van der Waals surface area (Å²) in [7, 11) is -3.80. The first kappa shape index (κ1) is 23.5. The molecule has 0 radical (unpaired) electrons. The monoisotopic (exact) mass is 491 g/mol. The van der Waals surface area contributed by atoms with Crippen LogP contribution in [0.1, 0.15) is 27.0 Å². The maximum absolute atomic E-state index is 12.7. The minimum atomic E-state index is -3.80. The summed E-state index contributed by atoms with van der Waals surface area (Å²) in [5.74, 6) is -0.350. The third-order valence-electron chi connectivity index (χ3n) is 5.18. The molecule has 3 aromatic carbocycles. The molecule has 0 fully saturated rings. The first-order valence-electron chi connectivity index (χ1n) is 10.5. The molecule has 0 atom stereocenters. The smallest absolute Gasteiger partial charge is 0.261 e. The van der Waals surface area contributed by atoms with Gasteiger partial charge >= 0.3 is 0 Å². The molecule has 6 nitrogen and oxygen atoms in total. The SMILES string of the molecule is Cc1ccc(S(=O)(=O)Nc2ccc(C(=O)Nc3ccc(Cc4ccncc4)cc3)cc2Cl)cc1. The fraction of sp³-hybridized carbons (Fsp3) is 0.0769. The second kappa shape index (κ2) is 10.1. The van der Waals surface area contributed by atoms with Gasteiger partial charge in [0.25, 0.3) is 15.9 Å². The molecule has 0 spiro atoms. The summed E-state index contributed by atoms with van der Waals surface area (Å²) in [6, 6.07) is 22.4. The number of aryl methyl sites for hydroxylation is 1. The lowest BCUT2D eigenvalue weighted by atomic mass is 10.1. The van der Waals surface area contributed by atoms with Gasteiger partial charge < -0.3 is 5.32 Å². The third kappa shape index (κ3) is 5.81. The van der Waals surface area contributed by atoms with Crippen molar-refractivity contribution < 1.29 is 13.2 Å². The van der Waals surface area contributed by atoms with E-state index in [1.165, 1.54) is 30.3 Å². The number of carbonyl (C=O) groups excluding carboxylic acids is 1. The number of hydrogen-bond donors (Lipinski definition) is 2. The average molecular weight is 492 g/mol. The molecule has 1 aromatic heterocycles. The fourth-order valence-electron chi connectivity index (χ4n) is 3.31. The Morgan fingerprint density at radius 3 is 2.18 bits per heavy atom. The van der Waals surface area contributed by atoms with Gasteiger partial charge in [0.05, 0.1) is 15.6 Å². The van der Waals surface area contributed by atoms with Gasteiger partial charge in [0.1, 0.15) is 0 Å². The second-order valence-electron chi connectivity index (χ2n) is 7.80. The van der Waals surface area contributed by atoms with Gasteiger partial charge in [0, 0.05) is 23.6 Å². The minimum Gasteiger partial charge on any atom is -0.322 e. The van der Waals surface area contributed by atoms with E-state index in [0.717, 1.165) is 23.1 Å². The Kier molecular flexibility index (Phi) is 6.95. The topological polar surface area (TPSA) is 88.2 Å². The van der Waals surface area contributed by atoms with E-state index in [0.29, 0.717) is 11.3 Å². The van der Waals surface area contributed by atoms with Gasteiger partial charge in [-0.1, -0.05) is 41.4 Å². The van der Waals surface area contributed by atoms with Crippen LogP contribution in [0.15, 0.2) is 96.2 Å². The van der Waals surface area contributed by atoms with Crippen molar-refractivity contribution in [2.24, 2.45) is 0 Å². The number of rotatable bonds is 7. The summed E-state index contributed by atoms with van der Waals surface area (Å²) >= 11 is 6.28. The van der Waals surface area contributed by atoms with Crippen LogP contribution in [0.3, 0.4) is 0 Å². The van der Waals surface area contributed by atoms with Crippen molar-refractivity contribution >= 4 is 38.9 Å². The van der Waals surface area contributed by atoms with Gasteiger partial charge in [0.15, 0.2) is 0 Å². The predicted molar refractivity (Wildman–Crippen MR) is 135 cm³/mol. The van der Waals surface area contributed by atoms with E-state index in [1.807, 2.05) is 43.3 Å². The van der Waals surface area contributed by atoms with Crippen molar-refractivity contribution in [2.45, 2.75) is 18.2 Å². The summed E-state index contributed by atoms with van der Waals surface area (Å²) in [5, 5.41) is 2.95. The van der Waals surface area contributed by atoms with E-state index in [4.69, 9.17) is 11.6 Å². The Bertz CT molecular complexity index is 1410. The van der Waals surface area contributed by atoms with Crippen LogP contribution in [-0.2, 0) is 16.4 Å². The highest BCUT2D eigenvalue weighted by Crippen LogP contribution is 2.26. The molecule has 0 aliphatic carbocycles. The molecule has 0 aliphatic rings. The second-order valence-corrected chi connectivity index (χ2v) is 9.89. The lowest BCUT2D eigenvalue weighted by Gasteiger charge is -2.12. The molecule has 2 N–H and O–H groups in total. The average Bonchev–Trinajstić information content (AvgIpc) is 2.82. The largest absolute Gasteiger partial charge is 0.322 e. The number of hydrogen-bond acceptors (Lipinski definition) is 4. The molecular weight excluding hydrogens is 470 g/mol. The quantitative estimate of drug-likeness (QED) is 0.347. The third-order valence-corrected chi connectivity index (χ3v) is 6.87. The fourth-order valence-corrected chi connectivity index (χ4v) is 4.67.